The maximum Gasteiger partial charge on any atom is 0.306 e. The van der Waals surface area contributed by atoms with Crippen molar-refractivity contribution in [2.45, 2.75) is 50.8 Å². The zero-order chi connectivity index (χ0) is 23.9. The van der Waals surface area contributed by atoms with E-state index in [-0.39, 0.29) is 5.97 Å². The van der Waals surface area contributed by atoms with Crippen molar-refractivity contribution in [3.63, 3.8) is 0 Å². The molecule has 0 unspecified atom stereocenters. The number of esters is 1. The molecule has 0 fully saturated rings. The van der Waals surface area contributed by atoms with Gasteiger partial charge in [0.2, 0.25) is 5.89 Å². The van der Waals surface area contributed by atoms with Crippen LogP contribution in [0.2, 0.25) is 0 Å². The van der Waals surface area contributed by atoms with Gasteiger partial charge in [0.1, 0.15) is 11.5 Å². The van der Waals surface area contributed by atoms with E-state index in [9.17, 15) is 4.79 Å². The van der Waals surface area contributed by atoms with E-state index in [1.807, 2.05) is 38.1 Å². The maximum atomic E-state index is 11.8. The largest absolute Gasteiger partial charge is 0.493 e. The number of allylic oxidation sites excluding steroid dienone is 2. The summed E-state index contributed by atoms with van der Waals surface area (Å²) in [4.78, 5) is 17.7. The Morgan fingerprint density at radius 3 is 2.74 bits per heavy atom. The Morgan fingerprint density at radius 2 is 1.97 bits per heavy atom. The molecule has 0 atom stereocenters. The number of aryl methyl sites for hydroxylation is 1. The molecular weight excluding hydrogens is 446 g/mol. The van der Waals surface area contributed by atoms with E-state index < -0.39 is 0 Å². The molecule has 0 saturated heterocycles. The van der Waals surface area contributed by atoms with Crippen molar-refractivity contribution in [1.29, 1.82) is 0 Å². The number of oxazole rings is 1. The Bertz CT molecular complexity index is 1160. The molecule has 0 bridgehead atoms. The average molecular weight is 478 g/mol. The summed E-state index contributed by atoms with van der Waals surface area (Å²) >= 11 is 1.71. The van der Waals surface area contributed by atoms with Crippen molar-refractivity contribution in [3.05, 3.63) is 71.1 Å². The molecule has 2 aromatic carbocycles. The first-order chi connectivity index (χ1) is 16.6. The van der Waals surface area contributed by atoms with Crippen LogP contribution in [0.5, 0.6) is 5.75 Å². The zero-order valence-electron chi connectivity index (χ0n) is 20.1. The molecule has 0 aliphatic heterocycles. The first kappa shape index (κ1) is 24.1. The van der Waals surface area contributed by atoms with E-state index in [1.54, 1.807) is 11.8 Å². The van der Waals surface area contributed by atoms with Crippen LogP contribution in [0, 0.1) is 6.92 Å². The lowest BCUT2D eigenvalue weighted by Crippen LogP contribution is -2.09. The molecule has 1 aliphatic rings. The van der Waals surface area contributed by atoms with E-state index in [4.69, 9.17) is 18.9 Å². The molecule has 5 nitrogen and oxygen atoms in total. The number of fused-ring (bicyclic) bond motifs is 1. The molecular formula is C28H31NO4S. The van der Waals surface area contributed by atoms with Crippen molar-refractivity contribution in [1.82, 2.24) is 4.98 Å². The van der Waals surface area contributed by atoms with E-state index in [0.29, 0.717) is 38.4 Å². The summed E-state index contributed by atoms with van der Waals surface area (Å²) in [5.41, 5.74) is 5.50. The molecule has 3 aromatic rings. The third-order valence-electron chi connectivity index (χ3n) is 5.99. The van der Waals surface area contributed by atoms with E-state index >= 15 is 0 Å². The van der Waals surface area contributed by atoms with Crippen LogP contribution >= 0.6 is 11.8 Å². The minimum Gasteiger partial charge on any atom is -0.493 e. The lowest BCUT2D eigenvalue weighted by atomic mass is 9.88. The molecule has 34 heavy (non-hydrogen) atoms. The predicted molar refractivity (Wildman–Crippen MR) is 136 cm³/mol. The van der Waals surface area contributed by atoms with Gasteiger partial charge in [0, 0.05) is 28.9 Å². The Balaban J connectivity index is 1.39. The molecule has 1 heterocycles. The molecule has 0 spiro atoms. The third-order valence-corrected chi connectivity index (χ3v) is 6.74. The fourth-order valence-electron chi connectivity index (χ4n) is 4.24. The molecule has 178 valence electrons. The molecule has 0 amide bonds. The van der Waals surface area contributed by atoms with E-state index in [2.05, 4.69) is 30.5 Å². The number of carbonyl (C=O) groups is 1. The molecule has 1 aromatic heterocycles. The summed E-state index contributed by atoms with van der Waals surface area (Å²) in [5.74, 6) is 2.24. The van der Waals surface area contributed by atoms with Crippen LogP contribution in [0.25, 0.3) is 17.0 Å². The van der Waals surface area contributed by atoms with Gasteiger partial charge in [-0.2, -0.15) is 0 Å². The number of carbonyl (C=O) groups excluding carboxylic acids is 1. The van der Waals surface area contributed by atoms with Gasteiger partial charge in [-0.05, 0) is 80.8 Å². The van der Waals surface area contributed by atoms with Gasteiger partial charge >= 0.3 is 5.97 Å². The minimum absolute atomic E-state index is 0.148. The monoisotopic (exact) mass is 477 g/mol. The molecule has 6 heteroatoms. The number of ether oxygens (including phenoxy) is 2. The highest BCUT2D eigenvalue weighted by molar-refractivity contribution is 7.98. The number of rotatable bonds is 10. The van der Waals surface area contributed by atoms with Gasteiger partial charge < -0.3 is 13.9 Å². The quantitative estimate of drug-likeness (QED) is 0.240. The first-order valence-corrected chi connectivity index (χ1v) is 13.0. The minimum atomic E-state index is -0.148. The van der Waals surface area contributed by atoms with Gasteiger partial charge in [-0.3, -0.25) is 4.79 Å². The fourth-order valence-corrected chi connectivity index (χ4v) is 4.65. The summed E-state index contributed by atoms with van der Waals surface area (Å²) in [6, 6.07) is 14.4. The van der Waals surface area contributed by atoms with Gasteiger partial charge in [0.05, 0.1) is 18.9 Å². The predicted octanol–water partition coefficient (Wildman–Crippen LogP) is 6.67. The lowest BCUT2D eigenvalue weighted by molar-refractivity contribution is -0.142. The highest BCUT2D eigenvalue weighted by Gasteiger charge is 2.18. The Morgan fingerprint density at radius 1 is 1.15 bits per heavy atom. The SMILES string of the molecule is CCOC(=O)CCC1=CCCc2c(OCCc3nc(-c4ccc(SC)cc4)oc3C)cccc21. The fraction of sp³-hybridized carbons (Fsp3) is 0.357. The second-order valence-electron chi connectivity index (χ2n) is 8.20. The Kier molecular flexibility index (Phi) is 8.12. The van der Waals surface area contributed by atoms with Crippen LogP contribution in [0.15, 0.2) is 57.9 Å². The van der Waals surface area contributed by atoms with Gasteiger partial charge in [-0.1, -0.05) is 18.2 Å². The summed E-state index contributed by atoms with van der Waals surface area (Å²) in [6.07, 6.45) is 7.95. The number of hydrogen-bond donors (Lipinski definition) is 0. The van der Waals surface area contributed by atoms with Gasteiger partial charge in [-0.25, -0.2) is 4.98 Å². The number of nitrogens with zero attached hydrogens (tertiary/aromatic N) is 1. The van der Waals surface area contributed by atoms with Gasteiger partial charge in [0.25, 0.3) is 0 Å². The molecule has 0 radical (unpaired) electrons. The Hall–Kier alpha value is -2.99. The summed E-state index contributed by atoms with van der Waals surface area (Å²) in [6.45, 7) is 4.73. The van der Waals surface area contributed by atoms with Crippen molar-refractivity contribution in [2.24, 2.45) is 0 Å². The zero-order valence-corrected chi connectivity index (χ0v) is 20.9. The molecule has 0 N–H and O–H groups in total. The van der Waals surface area contributed by atoms with Crippen LogP contribution in [0.3, 0.4) is 0 Å². The van der Waals surface area contributed by atoms with E-state index in [1.165, 1.54) is 21.6 Å². The topological polar surface area (TPSA) is 61.6 Å². The van der Waals surface area contributed by atoms with Gasteiger partial charge in [0.15, 0.2) is 0 Å². The number of aromatic nitrogens is 1. The van der Waals surface area contributed by atoms with Crippen molar-refractivity contribution in [2.75, 3.05) is 19.5 Å². The van der Waals surface area contributed by atoms with Crippen molar-refractivity contribution in [3.8, 4) is 17.2 Å². The van der Waals surface area contributed by atoms with Crippen molar-refractivity contribution < 1.29 is 18.7 Å². The summed E-state index contributed by atoms with van der Waals surface area (Å²) in [7, 11) is 0. The first-order valence-electron chi connectivity index (χ1n) is 11.8. The maximum absolute atomic E-state index is 11.8. The highest BCUT2D eigenvalue weighted by Crippen LogP contribution is 2.35. The number of thioether (sulfide) groups is 1. The second-order valence-corrected chi connectivity index (χ2v) is 9.08. The standard InChI is InChI=1S/C28H31NO4S/c1-4-31-27(30)16-13-20-7-5-9-24-23(20)8-6-10-26(24)32-18-17-25-19(2)33-28(29-25)21-11-14-22(34-3)15-12-21/h6-8,10-12,14-15H,4-5,9,13,16-18H2,1-3H3. The van der Waals surface area contributed by atoms with Crippen LogP contribution in [0.4, 0.5) is 0 Å². The second kappa shape index (κ2) is 11.4. The van der Waals surface area contributed by atoms with Crippen LogP contribution < -0.4 is 4.74 Å². The van der Waals surface area contributed by atoms with Crippen LogP contribution in [-0.4, -0.2) is 30.4 Å². The average Bonchev–Trinajstić information content (AvgIpc) is 3.23. The number of benzene rings is 2. The highest BCUT2D eigenvalue weighted by atomic mass is 32.2. The lowest BCUT2D eigenvalue weighted by Gasteiger charge is -2.21. The smallest absolute Gasteiger partial charge is 0.306 e. The third kappa shape index (κ3) is 5.73. The molecule has 0 saturated carbocycles. The van der Waals surface area contributed by atoms with E-state index in [0.717, 1.165) is 35.6 Å². The van der Waals surface area contributed by atoms with Crippen LogP contribution in [-0.2, 0) is 22.4 Å². The molecule has 1 aliphatic carbocycles. The Labute approximate surface area is 205 Å². The normalized spacial score (nSPS) is 12.7. The van der Waals surface area contributed by atoms with Gasteiger partial charge in [-0.15, -0.1) is 11.8 Å². The number of hydrogen-bond acceptors (Lipinski definition) is 6. The van der Waals surface area contributed by atoms with Crippen LogP contribution in [0.1, 0.15) is 48.8 Å². The molecule has 4 rings (SSSR count). The summed E-state index contributed by atoms with van der Waals surface area (Å²) < 4.78 is 17.2. The van der Waals surface area contributed by atoms with Crippen molar-refractivity contribution >= 4 is 23.3 Å². The summed E-state index contributed by atoms with van der Waals surface area (Å²) in [5, 5.41) is 0.